The van der Waals surface area contributed by atoms with Crippen molar-refractivity contribution in [2.45, 2.75) is 30.6 Å². The Kier molecular flexibility index (Phi) is 5.66. The standard InChI is InChI=1S/C19H20BrN5O3S/c20-16-11-14(12-22-18(16)21)19-23-17(28-24-19)10-13-4-6-15(7-5-13)29(26,27)25-8-2-1-3-9-25/h4-7,11-12H,1-3,8-10H2,(H2,21,22). The van der Waals surface area contributed by atoms with Crippen LogP contribution in [0.3, 0.4) is 0 Å². The molecule has 2 aromatic heterocycles. The van der Waals surface area contributed by atoms with Gasteiger partial charge in [-0.2, -0.15) is 9.29 Å². The summed E-state index contributed by atoms with van der Waals surface area (Å²) < 4.78 is 33.0. The van der Waals surface area contributed by atoms with Crippen LogP contribution in [0.1, 0.15) is 30.7 Å². The van der Waals surface area contributed by atoms with E-state index in [0.717, 1.165) is 24.8 Å². The van der Waals surface area contributed by atoms with Gasteiger partial charge in [0.2, 0.25) is 21.7 Å². The van der Waals surface area contributed by atoms with Crippen molar-refractivity contribution in [2.24, 2.45) is 0 Å². The lowest BCUT2D eigenvalue weighted by Crippen LogP contribution is -2.35. The normalized spacial score (nSPS) is 15.5. The summed E-state index contributed by atoms with van der Waals surface area (Å²) in [7, 11) is -3.43. The molecule has 3 aromatic rings. The number of nitrogen functional groups attached to an aromatic ring is 1. The number of rotatable bonds is 5. The molecule has 1 aliphatic heterocycles. The van der Waals surface area contributed by atoms with Crippen molar-refractivity contribution in [2.75, 3.05) is 18.8 Å². The molecule has 1 aliphatic rings. The van der Waals surface area contributed by atoms with Crippen LogP contribution in [0, 0.1) is 0 Å². The van der Waals surface area contributed by atoms with Crippen molar-refractivity contribution in [3.63, 3.8) is 0 Å². The van der Waals surface area contributed by atoms with E-state index in [4.69, 9.17) is 10.3 Å². The molecule has 3 heterocycles. The van der Waals surface area contributed by atoms with Crippen molar-refractivity contribution < 1.29 is 12.9 Å². The van der Waals surface area contributed by atoms with Crippen LogP contribution < -0.4 is 5.73 Å². The van der Waals surface area contributed by atoms with Gasteiger partial charge < -0.3 is 10.3 Å². The van der Waals surface area contributed by atoms with Crippen molar-refractivity contribution in [3.05, 3.63) is 52.5 Å². The fraction of sp³-hybridized carbons (Fsp3) is 0.316. The van der Waals surface area contributed by atoms with Gasteiger partial charge in [-0.3, -0.25) is 0 Å². The van der Waals surface area contributed by atoms with Crippen LogP contribution in [0.4, 0.5) is 5.82 Å². The highest BCUT2D eigenvalue weighted by molar-refractivity contribution is 9.10. The number of hydrogen-bond acceptors (Lipinski definition) is 7. The molecule has 0 radical (unpaired) electrons. The van der Waals surface area contributed by atoms with Gasteiger partial charge in [0.1, 0.15) is 5.82 Å². The zero-order valence-electron chi connectivity index (χ0n) is 15.6. The maximum absolute atomic E-state index is 12.7. The monoisotopic (exact) mass is 477 g/mol. The number of hydrogen-bond donors (Lipinski definition) is 1. The minimum Gasteiger partial charge on any atom is -0.383 e. The number of nitrogens with two attached hydrogens (primary N) is 1. The molecule has 0 amide bonds. The summed E-state index contributed by atoms with van der Waals surface area (Å²) in [6.45, 7) is 1.18. The van der Waals surface area contributed by atoms with Crippen molar-refractivity contribution in [1.82, 2.24) is 19.4 Å². The van der Waals surface area contributed by atoms with E-state index in [9.17, 15) is 8.42 Å². The van der Waals surface area contributed by atoms with Crippen molar-refractivity contribution >= 4 is 31.8 Å². The molecular weight excluding hydrogens is 458 g/mol. The summed E-state index contributed by atoms with van der Waals surface area (Å²) in [5.41, 5.74) is 7.26. The van der Waals surface area contributed by atoms with Gasteiger partial charge in [0, 0.05) is 24.8 Å². The highest BCUT2D eigenvalue weighted by Gasteiger charge is 2.25. The van der Waals surface area contributed by atoms with Crippen molar-refractivity contribution in [1.29, 1.82) is 0 Å². The second kappa shape index (κ2) is 8.21. The molecule has 10 heteroatoms. The fourth-order valence-electron chi connectivity index (χ4n) is 3.22. The van der Waals surface area contributed by atoms with Crippen LogP contribution in [0.5, 0.6) is 0 Å². The Balaban J connectivity index is 1.48. The summed E-state index contributed by atoms with van der Waals surface area (Å²) in [6, 6.07) is 8.61. The Hall–Kier alpha value is -2.30. The van der Waals surface area contributed by atoms with E-state index in [1.807, 2.05) is 0 Å². The van der Waals surface area contributed by atoms with Crippen molar-refractivity contribution in [3.8, 4) is 11.4 Å². The predicted molar refractivity (Wildman–Crippen MR) is 111 cm³/mol. The summed E-state index contributed by atoms with van der Waals surface area (Å²) >= 11 is 3.33. The van der Waals surface area contributed by atoms with E-state index in [2.05, 4.69) is 31.1 Å². The first-order valence-corrected chi connectivity index (χ1v) is 11.5. The lowest BCUT2D eigenvalue weighted by molar-refractivity contribution is 0.346. The van der Waals surface area contributed by atoms with Gasteiger partial charge in [-0.15, -0.1) is 0 Å². The molecule has 8 nitrogen and oxygen atoms in total. The quantitative estimate of drug-likeness (QED) is 0.599. The van der Waals surface area contributed by atoms with Crippen LogP contribution in [-0.4, -0.2) is 40.9 Å². The summed E-state index contributed by atoms with van der Waals surface area (Å²) in [6.07, 6.45) is 4.89. The Morgan fingerprint density at radius 1 is 1.14 bits per heavy atom. The smallest absolute Gasteiger partial charge is 0.243 e. The molecule has 0 aliphatic carbocycles. The first-order valence-electron chi connectivity index (χ1n) is 9.26. The molecule has 1 saturated heterocycles. The molecule has 2 N–H and O–H groups in total. The molecule has 0 unspecified atom stereocenters. The van der Waals surface area contributed by atoms with Gasteiger partial charge in [0.05, 0.1) is 15.8 Å². The lowest BCUT2D eigenvalue weighted by Gasteiger charge is -2.25. The third kappa shape index (κ3) is 4.34. The highest BCUT2D eigenvalue weighted by atomic mass is 79.9. The minimum atomic E-state index is -3.43. The lowest BCUT2D eigenvalue weighted by atomic mass is 10.1. The number of pyridine rings is 1. The Morgan fingerprint density at radius 3 is 2.55 bits per heavy atom. The molecule has 4 rings (SSSR count). The van der Waals surface area contributed by atoms with E-state index in [0.29, 0.717) is 52.0 Å². The van der Waals surface area contributed by atoms with E-state index >= 15 is 0 Å². The number of piperidine rings is 1. The molecule has 29 heavy (non-hydrogen) atoms. The number of benzene rings is 1. The van der Waals surface area contributed by atoms with E-state index in [-0.39, 0.29) is 0 Å². The average Bonchev–Trinajstić information content (AvgIpc) is 3.19. The van der Waals surface area contributed by atoms with Gasteiger partial charge in [0.25, 0.3) is 0 Å². The fourth-order valence-corrected chi connectivity index (χ4v) is 5.09. The molecule has 0 atom stereocenters. The summed E-state index contributed by atoms with van der Waals surface area (Å²) in [5, 5.41) is 3.98. The molecule has 0 saturated carbocycles. The van der Waals surface area contributed by atoms with Crippen LogP contribution in [-0.2, 0) is 16.4 Å². The number of anilines is 1. The maximum Gasteiger partial charge on any atom is 0.243 e. The van der Waals surface area contributed by atoms with Crippen LogP contribution >= 0.6 is 15.9 Å². The Morgan fingerprint density at radius 2 is 1.86 bits per heavy atom. The minimum absolute atomic E-state index is 0.312. The van der Waals surface area contributed by atoms with Gasteiger partial charge >= 0.3 is 0 Å². The first kappa shape index (κ1) is 20.0. The van der Waals surface area contributed by atoms with E-state index < -0.39 is 10.0 Å². The Bertz CT molecular complexity index is 1110. The predicted octanol–water partition coefficient (Wildman–Crippen LogP) is 3.24. The molecule has 152 valence electrons. The molecule has 0 spiro atoms. The van der Waals surface area contributed by atoms with Gasteiger partial charge in [-0.05, 0) is 52.5 Å². The van der Waals surface area contributed by atoms with Crippen LogP contribution in [0.15, 0.2) is 50.4 Å². The molecule has 1 aromatic carbocycles. The SMILES string of the molecule is Nc1ncc(-c2noc(Cc3ccc(S(=O)(=O)N4CCCCC4)cc3)n2)cc1Br. The van der Waals surface area contributed by atoms with Gasteiger partial charge in [-0.25, -0.2) is 13.4 Å². The van der Waals surface area contributed by atoms with Crippen LogP contribution in [0.2, 0.25) is 0 Å². The first-order chi connectivity index (χ1) is 13.9. The molecular formula is C19H20BrN5O3S. The number of aromatic nitrogens is 3. The zero-order valence-corrected chi connectivity index (χ0v) is 18.0. The third-order valence-electron chi connectivity index (χ3n) is 4.83. The topological polar surface area (TPSA) is 115 Å². The largest absolute Gasteiger partial charge is 0.383 e. The highest BCUT2D eigenvalue weighted by Crippen LogP contribution is 2.24. The summed E-state index contributed by atoms with van der Waals surface area (Å²) in [4.78, 5) is 8.77. The van der Waals surface area contributed by atoms with Gasteiger partial charge in [0.15, 0.2) is 0 Å². The second-order valence-corrected chi connectivity index (χ2v) is 9.68. The average molecular weight is 478 g/mol. The van der Waals surface area contributed by atoms with E-state index in [1.54, 1.807) is 40.8 Å². The molecule has 0 bridgehead atoms. The number of nitrogens with zero attached hydrogens (tertiary/aromatic N) is 4. The van der Waals surface area contributed by atoms with Gasteiger partial charge in [-0.1, -0.05) is 23.7 Å². The van der Waals surface area contributed by atoms with E-state index in [1.165, 1.54) is 0 Å². The maximum atomic E-state index is 12.7. The summed E-state index contributed by atoms with van der Waals surface area (Å²) in [5.74, 6) is 1.23. The molecule has 1 fully saturated rings. The number of halogens is 1. The number of sulfonamides is 1. The third-order valence-corrected chi connectivity index (χ3v) is 7.38. The Labute approximate surface area is 177 Å². The second-order valence-electron chi connectivity index (χ2n) is 6.89. The zero-order chi connectivity index (χ0) is 20.4. The van der Waals surface area contributed by atoms with Crippen LogP contribution in [0.25, 0.3) is 11.4 Å².